The van der Waals surface area contributed by atoms with Crippen molar-refractivity contribution >= 4 is 5.97 Å². The van der Waals surface area contributed by atoms with Crippen molar-refractivity contribution < 1.29 is 27.8 Å². The van der Waals surface area contributed by atoms with E-state index in [1.807, 2.05) is 0 Å². The summed E-state index contributed by atoms with van der Waals surface area (Å²) in [5.74, 6) is -1.02. The second-order valence-electron chi connectivity index (χ2n) is 4.78. The van der Waals surface area contributed by atoms with Gasteiger partial charge in [-0.15, -0.1) is 13.2 Å². The average molecular weight is 257 g/mol. The molecule has 2 N–H and O–H groups in total. The summed E-state index contributed by atoms with van der Waals surface area (Å²) >= 11 is 0. The van der Waals surface area contributed by atoms with Gasteiger partial charge < -0.3 is 10.4 Å². The van der Waals surface area contributed by atoms with Gasteiger partial charge in [-0.1, -0.05) is 0 Å². The first-order valence-electron chi connectivity index (χ1n) is 5.09. The van der Waals surface area contributed by atoms with Gasteiger partial charge in [-0.2, -0.15) is 0 Å². The van der Waals surface area contributed by atoms with Crippen LogP contribution in [0.4, 0.5) is 13.2 Å². The second-order valence-corrected chi connectivity index (χ2v) is 4.78. The lowest BCUT2D eigenvalue weighted by atomic mass is 9.74. The molecule has 0 spiro atoms. The summed E-state index contributed by atoms with van der Waals surface area (Å²) < 4.78 is 38.7. The highest BCUT2D eigenvalue weighted by Gasteiger charge is 2.43. The molecule has 0 atom stereocenters. The summed E-state index contributed by atoms with van der Waals surface area (Å²) in [5, 5.41) is 11.8. The van der Waals surface area contributed by atoms with Gasteiger partial charge in [0.05, 0.1) is 12.0 Å². The van der Waals surface area contributed by atoms with E-state index in [0.29, 0.717) is 0 Å². The monoisotopic (exact) mass is 257 g/mol. The molecule has 4 nitrogen and oxygen atoms in total. The number of ether oxygens (including phenoxy) is 1. The van der Waals surface area contributed by atoms with E-state index in [1.165, 1.54) is 13.8 Å². The Bertz CT molecular complexity index is 274. The summed E-state index contributed by atoms with van der Waals surface area (Å²) in [6, 6.07) is 0. The molecular weight excluding hydrogens is 239 g/mol. The third kappa shape index (κ3) is 4.91. The normalized spacial score (nSPS) is 13.8. The molecule has 0 unspecified atom stereocenters. The topological polar surface area (TPSA) is 58.6 Å². The molecule has 0 aliphatic carbocycles. The molecular formula is C10H18F3NO3. The van der Waals surface area contributed by atoms with Crippen LogP contribution in [0.3, 0.4) is 0 Å². The summed E-state index contributed by atoms with van der Waals surface area (Å²) in [7, 11) is 0. The number of halogens is 3. The molecule has 102 valence electrons. The molecule has 0 heterocycles. The van der Waals surface area contributed by atoms with E-state index in [9.17, 15) is 18.0 Å². The molecule has 0 saturated carbocycles. The largest absolute Gasteiger partial charge is 0.522 e. The summed E-state index contributed by atoms with van der Waals surface area (Å²) in [5.41, 5.74) is -1.96. The molecule has 0 aliphatic rings. The standard InChI is InChI=1S/C10H18F3NO3/c1-8(2,7(15)16)9(3,4)14-5-6-17-10(11,12)13/h14H,5-6H2,1-4H3,(H,15,16). The predicted octanol–water partition coefficient (Wildman–Crippen LogP) is 2.00. The summed E-state index contributed by atoms with van der Waals surface area (Å²) in [4.78, 5) is 11.0. The maximum atomic E-state index is 11.7. The van der Waals surface area contributed by atoms with Gasteiger partial charge in [0.25, 0.3) is 0 Å². The quantitative estimate of drug-likeness (QED) is 0.714. The molecule has 0 fully saturated rings. The Morgan fingerprint density at radius 3 is 2.06 bits per heavy atom. The Morgan fingerprint density at radius 2 is 1.71 bits per heavy atom. The molecule has 0 aliphatic heterocycles. The van der Waals surface area contributed by atoms with Crippen LogP contribution in [0.15, 0.2) is 0 Å². The minimum Gasteiger partial charge on any atom is -0.481 e. The van der Waals surface area contributed by atoms with Crippen LogP contribution in [-0.4, -0.2) is 36.1 Å². The smallest absolute Gasteiger partial charge is 0.481 e. The number of alkyl halides is 3. The van der Waals surface area contributed by atoms with Gasteiger partial charge in [0.15, 0.2) is 0 Å². The van der Waals surface area contributed by atoms with Crippen LogP contribution in [0, 0.1) is 5.41 Å². The van der Waals surface area contributed by atoms with E-state index in [-0.39, 0.29) is 6.54 Å². The third-order valence-electron chi connectivity index (χ3n) is 3.03. The lowest BCUT2D eigenvalue weighted by Crippen LogP contribution is -2.55. The van der Waals surface area contributed by atoms with Crippen molar-refractivity contribution in [3.8, 4) is 0 Å². The van der Waals surface area contributed by atoms with Gasteiger partial charge in [0.2, 0.25) is 0 Å². The fraction of sp³-hybridized carbons (Fsp3) is 0.900. The SMILES string of the molecule is CC(C)(NCCOC(F)(F)F)C(C)(C)C(=O)O. The highest BCUT2D eigenvalue weighted by atomic mass is 19.4. The Morgan fingerprint density at radius 1 is 1.24 bits per heavy atom. The lowest BCUT2D eigenvalue weighted by molar-refractivity contribution is -0.323. The zero-order valence-electron chi connectivity index (χ0n) is 10.3. The highest BCUT2D eigenvalue weighted by Crippen LogP contribution is 2.30. The van der Waals surface area contributed by atoms with Crippen LogP contribution >= 0.6 is 0 Å². The fourth-order valence-corrected chi connectivity index (χ4v) is 1.02. The van der Waals surface area contributed by atoms with Crippen LogP contribution in [0.1, 0.15) is 27.7 Å². The maximum Gasteiger partial charge on any atom is 0.522 e. The first-order chi connectivity index (χ1) is 7.40. The van der Waals surface area contributed by atoms with Gasteiger partial charge in [-0.25, -0.2) is 0 Å². The Labute approximate surface area is 98.1 Å². The van der Waals surface area contributed by atoms with Gasteiger partial charge in [-0.3, -0.25) is 9.53 Å². The molecule has 7 heteroatoms. The van der Waals surface area contributed by atoms with E-state index in [2.05, 4.69) is 10.1 Å². The Hall–Kier alpha value is -0.820. The van der Waals surface area contributed by atoms with Gasteiger partial charge in [0.1, 0.15) is 0 Å². The predicted molar refractivity (Wildman–Crippen MR) is 55.5 cm³/mol. The third-order valence-corrected chi connectivity index (χ3v) is 3.03. The number of hydrogen-bond acceptors (Lipinski definition) is 3. The van der Waals surface area contributed by atoms with Crippen LogP contribution in [-0.2, 0) is 9.53 Å². The molecule has 0 amide bonds. The fourth-order valence-electron chi connectivity index (χ4n) is 1.02. The number of hydrogen-bond donors (Lipinski definition) is 2. The van der Waals surface area contributed by atoms with Gasteiger partial charge in [-0.05, 0) is 27.7 Å². The highest BCUT2D eigenvalue weighted by molar-refractivity contribution is 5.75. The van der Waals surface area contributed by atoms with E-state index >= 15 is 0 Å². The van der Waals surface area contributed by atoms with Crippen molar-refractivity contribution in [3.05, 3.63) is 0 Å². The minimum atomic E-state index is -4.66. The molecule has 0 bridgehead atoms. The minimum absolute atomic E-state index is 0.0801. The molecule has 0 aromatic heterocycles. The average Bonchev–Trinajstić information content (AvgIpc) is 2.10. The second kappa shape index (κ2) is 5.22. The van der Waals surface area contributed by atoms with Gasteiger partial charge >= 0.3 is 12.3 Å². The van der Waals surface area contributed by atoms with E-state index in [4.69, 9.17) is 5.11 Å². The molecule has 0 aromatic rings. The zero-order chi connectivity index (χ0) is 13.9. The van der Waals surface area contributed by atoms with E-state index in [0.717, 1.165) is 0 Å². The summed E-state index contributed by atoms with van der Waals surface area (Å²) in [6.07, 6.45) is -4.66. The van der Waals surface area contributed by atoms with Gasteiger partial charge in [0, 0.05) is 12.1 Å². The number of carbonyl (C=O) groups is 1. The molecule has 0 radical (unpaired) electrons. The molecule has 0 aromatic carbocycles. The van der Waals surface area contributed by atoms with Crippen molar-refractivity contribution in [1.82, 2.24) is 5.32 Å². The first-order valence-corrected chi connectivity index (χ1v) is 5.09. The van der Waals surface area contributed by atoms with Crippen molar-refractivity contribution in [2.75, 3.05) is 13.2 Å². The lowest BCUT2D eigenvalue weighted by Gasteiger charge is -2.39. The van der Waals surface area contributed by atoms with E-state index < -0.39 is 29.9 Å². The molecule has 17 heavy (non-hydrogen) atoms. The number of rotatable bonds is 6. The Kier molecular flexibility index (Phi) is 4.97. The van der Waals surface area contributed by atoms with E-state index in [1.54, 1.807) is 13.8 Å². The van der Waals surface area contributed by atoms with Crippen molar-refractivity contribution in [3.63, 3.8) is 0 Å². The number of aliphatic carboxylic acids is 1. The maximum absolute atomic E-state index is 11.7. The van der Waals surface area contributed by atoms with Crippen LogP contribution < -0.4 is 5.32 Å². The number of nitrogens with one attached hydrogen (secondary N) is 1. The van der Waals surface area contributed by atoms with Crippen LogP contribution in [0.2, 0.25) is 0 Å². The molecule has 0 saturated heterocycles. The number of carboxylic acids is 1. The summed E-state index contributed by atoms with van der Waals surface area (Å²) in [6.45, 7) is 5.62. The molecule has 0 rings (SSSR count). The van der Waals surface area contributed by atoms with Crippen molar-refractivity contribution in [2.45, 2.75) is 39.6 Å². The van der Waals surface area contributed by atoms with Crippen molar-refractivity contribution in [1.29, 1.82) is 0 Å². The first kappa shape index (κ1) is 16.2. The van der Waals surface area contributed by atoms with Crippen LogP contribution in [0.25, 0.3) is 0 Å². The Balaban J connectivity index is 4.24. The zero-order valence-corrected chi connectivity index (χ0v) is 10.3. The number of carboxylic acid groups (broad SMARTS) is 1. The van der Waals surface area contributed by atoms with Crippen molar-refractivity contribution in [2.24, 2.45) is 5.41 Å². The van der Waals surface area contributed by atoms with Crippen LogP contribution in [0.5, 0.6) is 0 Å².